The molecule has 2 aromatic carbocycles. The van der Waals surface area contributed by atoms with Crippen LogP contribution in [-0.2, 0) is 11.8 Å². The van der Waals surface area contributed by atoms with Crippen molar-refractivity contribution in [3.63, 3.8) is 0 Å². The molecule has 1 aliphatic rings. The topological polar surface area (TPSA) is 27.0 Å². The molecule has 1 aliphatic carbocycles. The van der Waals surface area contributed by atoms with Crippen LogP contribution in [0.1, 0.15) is 63.0 Å². The van der Waals surface area contributed by atoms with E-state index in [1.165, 1.54) is 23.8 Å². The van der Waals surface area contributed by atoms with E-state index in [1.54, 1.807) is 0 Å². The largest absolute Gasteiger partial charge is 0.303 e. The van der Waals surface area contributed by atoms with Gasteiger partial charge in [0.05, 0.1) is 11.5 Å². The Morgan fingerprint density at radius 1 is 1.06 bits per heavy atom. The molecule has 0 N–H and O–H groups in total. The molecule has 1 saturated carbocycles. The smallest absolute Gasteiger partial charge is 0.130 e. The van der Waals surface area contributed by atoms with Crippen molar-refractivity contribution < 1.29 is 8.78 Å². The van der Waals surface area contributed by atoms with Crippen LogP contribution in [0.15, 0.2) is 48.5 Å². The monoisotopic (exact) mass is 424 g/mol. The number of rotatable bonds is 10. The normalized spacial score (nSPS) is 17.4. The van der Waals surface area contributed by atoms with Gasteiger partial charge in [-0.3, -0.25) is 0 Å². The molecule has 2 nitrogen and oxygen atoms in total. The van der Waals surface area contributed by atoms with Crippen molar-refractivity contribution in [2.24, 2.45) is 5.92 Å². The molecule has 0 heterocycles. The Morgan fingerprint density at radius 2 is 1.71 bits per heavy atom. The van der Waals surface area contributed by atoms with Gasteiger partial charge in [0, 0.05) is 18.2 Å². The summed E-state index contributed by atoms with van der Waals surface area (Å²) in [5.74, 6) is -1.16. The van der Waals surface area contributed by atoms with Gasteiger partial charge >= 0.3 is 0 Å². The summed E-state index contributed by atoms with van der Waals surface area (Å²) >= 11 is 0. The van der Waals surface area contributed by atoms with E-state index in [0.29, 0.717) is 6.42 Å². The Hall–Kier alpha value is -2.25. The first-order chi connectivity index (χ1) is 15.0. The summed E-state index contributed by atoms with van der Waals surface area (Å²) in [5, 5.41) is 10.3. The number of hydrogen-bond donors (Lipinski definition) is 0. The lowest BCUT2D eigenvalue weighted by atomic mass is 9.66. The van der Waals surface area contributed by atoms with Crippen molar-refractivity contribution in [3.8, 4) is 6.07 Å². The Bertz CT molecular complexity index is 850. The van der Waals surface area contributed by atoms with Crippen LogP contribution in [0.25, 0.3) is 0 Å². The Labute approximate surface area is 185 Å². The van der Waals surface area contributed by atoms with E-state index >= 15 is 0 Å². The maximum atomic E-state index is 14.9. The third-order valence-corrected chi connectivity index (χ3v) is 7.22. The SMILES string of the molecule is CCC(CCC(C#N)(c1c(F)cccc1F)C1CCCC1)N(C)CCc1ccccc1. The first-order valence-electron chi connectivity index (χ1n) is 11.6. The first-order valence-corrected chi connectivity index (χ1v) is 11.6. The number of likely N-dealkylation sites (N-methyl/N-ethyl adjacent to an activating group) is 1. The van der Waals surface area contributed by atoms with Crippen molar-refractivity contribution in [2.75, 3.05) is 13.6 Å². The minimum atomic E-state index is -1.10. The fourth-order valence-electron chi connectivity index (χ4n) is 5.34. The van der Waals surface area contributed by atoms with Crippen LogP contribution < -0.4 is 0 Å². The first kappa shape index (κ1) is 23.4. The van der Waals surface area contributed by atoms with Crippen LogP contribution in [0.2, 0.25) is 0 Å². The second-order valence-electron chi connectivity index (χ2n) is 8.98. The molecule has 0 spiro atoms. The summed E-state index contributed by atoms with van der Waals surface area (Å²) < 4.78 is 29.7. The van der Waals surface area contributed by atoms with Gasteiger partial charge in [-0.15, -0.1) is 0 Å². The van der Waals surface area contributed by atoms with E-state index < -0.39 is 17.0 Å². The fourth-order valence-corrected chi connectivity index (χ4v) is 5.34. The van der Waals surface area contributed by atoms with Crippen molar-refractivity contribution in [2.45, 2.75) is 69.7 Å². The summed E-state index contributed by atoms with van der Waals surface area (Å²) in [6, 6.07) is 17.1. The van der Waals surface area contributed by atoms with E-state index in [-0.39, 0.29) is 17.5 Å². The third-order valence-electron chi connectivity index (χ3n) is 7.22. The van der Waals surface area contributed by atoms with Crippen LogP contribution in [0.4, 0.5) is 8.78 Å². The molecule has 166 valence electrons. The lowest BCUT2D eigenvalue weighted by Crippen LogP contribution is -2.39. The molecule has 2 atom stereocenters. The van der Waals surface area contributed by atoms with Gasteiger partial charge < -0.3 is 4.90 Å². The van der Waals surface area contributed by atoms with Gasteiger partial charge in [-0.25, -0.2) is 8.78 Å². The van der Waals surface area contributed by atoms with E-state index in [9.17, 15) is 14.0 Å². The van der Waals surface area contributed by atoms with Gasteiger partial charge in [0.25, 0.3) is 0 Å². The van der Waals surface area contributed by atoms with Crippen LogP contribution in [0.3, 0.4) is 0 Å². The highest BCUT2D eigenvalue weighted by Gasteiger charge is 2.45. The number of halogens is 2. The van der Waals surface area contributed by atoms with E-state index in [0.717, 1.165) is 51.5 Å². The van der Waals surface area contributed by atoms with Gasteiger partial charge in [-0.2, -0.15) is 5.26 Å². The molecule has 0 saturated heterocycles. The standard InChI is InChI=1S/C27H34F2N2/c1-3-23(31(2)19-17-21-10-5-4-6-11-21)16-18-27(20-30,22-12-7-8-13-22)26-24(28)14-9-15-25(26)29/h4-6,9-11,14-15,22-23H,3,7-8,12-13,16-19H2,1-2H3. The van der Waals surface area contributed by atoms with Crippen LogP contribution in [0, 0.1) is 28.9 Å². The number of hydrogen-bond acceptors (Lipinski definition) is 2. The predicted molar refractivity (Wildman–Crippen MR) is 122 cm³/mol. The maximum Gasteiger partial charge on any atom is 0.130 e. The fraction of sp³-hybridized carbons (Fsp3) is 0.519. The van der Waals surface area contributed by atoms with E-state index in [4.69, 9.17) is 0 Å². The second kappa shape index (κ2) is 10.9. The van der Waals surface area contributed by atoms with Crippen molar-refractivity contribution in [1.29, 1.82) is 5.26 Å². The average Bonchev–Trinajstić information content (AvgIpc) is 3.32. The number of nitrogens with zero attached hydrogens (tertiary/aromatic N) is 2. The summed E-state index contributed by atoms with van der Waals surface area (Å²) in [6.07, 6.45) is 6.92. The van der Waals surface area contributed by atoms with E-state index in [1.807, 2.05) is 6.07 Å². The highest BCUT2D eigenvalue weighted by atomic mass is 19.1. The third kappa shape index (κ3) is 5.33. The number of benzene rings is 2. The zero-order valence-corrected chi connectivity index (χ0v) is 18.8. The molecule has 4 heteroatoms. The van der Waals surface area contributed by atoms with E-state index in [2.05, 4.69) is 49.2 Å². The van der Waals surface area contributed by atoms with Gasteiger partial charge in [-0.1, -0.05) is 56.2 Å². The van der Waals surface area contributed by atoms with Crippen molar-refractivity contribution in [1.82, 2.24) is 4.90 Å². The van der Waals surface area contributed by atoms with Gasteiger partial charge in [0.1, 0.15) is 11.6 Å². The lowest BCUT2D eigenvalue weighted by Gasteiger charge is -2.36. The van der Waals surface area contributed by atoms with Gasteiger partial charge in [0.2, 0.25) is 0 Å². The highest BCUT2D eigenvalue weighted by Crippen LogP contribution is 2.47. The Balaban J connectivity index is 1.78. The predicted octanol–water partition coefficient (Wildman–Crippen LogP) is 6.65. The van der Waals surface area contributed by atoms with Crippen molar-refractivity contribution in [3.05, 3.63) is 71.3 Å². The molecule has 31 heavy (non-hydrogen) atoms. The molecule has 2 aromatic rings. The minimum Gasteiger partial charge on any atom is -0.303 e. The molecule has 3 rings (SSSR count). The summed E-state index contributed by atoms with van der Waals surface area (Å²) in [6.45, 7) is 3.07. The van der Waals surface area contributed by atoms with Crippen molar-refractivity contribution >= 4 is 0 Å². The lowest BCUT2D eigenvalue weighted by molar-refractivity contribution is 0.198. The summed E-state index contributed by atoms with van der Waals surface area (Å²) in [7, 11) is 2.12. The maximum absolute atomic E-state index is 14.9. The minimum absolute atomic E-state index is 0.00816. The molecule has 0 aromatic heterocycles. The molecule has 0 amide bonds. The van der Waals surface area contributed by atoms with Crippen LogP contribution in [0.5, 0.6) is 0 Å². The Kier molecular flexibility index (Phi) is 8.21. The zero-order chi connectivity index (χ0) is 22.3. The molecular formula is C27H34F2N2. The molecule has 1 fully saturated rings. The highest BCUT2D eigenvalue weighted by molar-refractivity contribution is 5.36. The van der Waals surface area contributed by atoms with Gasteiger partial charge in [-0.05, 0) is 69.2 Å². The molecular weight excluding hydrogens is 390 g/mol. The molecule has 0 aliphatic heterocycles. The zero-order valence-electron chi connectivity index (χ0n) is 18.8. The summed E-state index contributed by atoms with van der Waals surface area (Å²) in [4.78, 5) is 2.33. The molecule has 2 unspecified atom stereocenters. The average molecular weight is 425 g/mol. The van der Waals surface area contributed by atoms with Gasteiger partial charge in [0.15, 0.2) is 0 Å². The summed E-state index contributed by atoms with van der Waals surface area (Å²) in [5.41, 5.74) is 0.195. The molecule has 0 bridgehead atoms. The number of nitriles is 1. The quantitative estimate of drug-likeness (QED) is 0.427. The Morgan fingerprint density at radius 3 is 2.29 bits per heavy atom. The van der Waals surface area contributed by atoms with Crippen LogP contribution >= 0.6 is 0 Å². The molecule has 0 radical (unpaired) electrons. The van der Waals surface area contributed by atoms with Crippen LogP contribution in [-0.4, -0.2) is 24.5 Å². The second-order valence-corrected chi connectivity index (χ2v) is 8.98.